The van der Waals surface area contributed by atoms with Gasteiger partial charge in [0.1, 0.15) is 0 Å². The van der Waals surface area contributed by atoms with Gasteiger partial charge in [0.2, 0.25) is 0 Å². The summed E-state index contributed by atoms with van der Waals surface area (Å²) in [6.45, 7) is 0.198. The summed E-state index contributed by atoms with van der Waals surface area (Å²) >= 11 is 0. The number of rotatable bonds is 4. The maximum atomic E-state index is 11.2. The zero-order valence-electron chi connectivity index (χ0n) is 11.2. The molecule has 1 aromatic carbocycles. The Hall–Kier alpha value is -1.35. The number of carboxylic acid groups (broad SMARTS) is 1. The first-order chi connectivity index (χ1) is 9.24. The lowest BCUT2D eigenvalue weighted by molar-refractivity contribution is -0.139. The van der Waals surface area contributed by atoms with Crippen LogP contribution in [0.2, 0.25) is 0 Å². The molecule has 19 heavy (non-hydrogen) atoms. The lowest BCUT2D eigenvalue weighted by Crippen LogP contribution is -2.45. The quantitative estimate of drug-likeness (QED) is 0.903. The van der Waals surface area contributed by atoms with Gasteiger partial charge in [-0.25, -0.2) is 0 Å². The Balaban J connectivity index is 1.76. The molecular weight excluding hydrogens is 238 g/mol. The average Bonchev–Trinajstić information content (AvgIpc) is 3.04. The minimum Gasteiger partial charge on any atom is -0.480 e. The van der Waals surface area contributed by atoms with Gasteiger partial charge in [0, 0.05) is 12.1 Å². The topological polar surface area (TPSA) is 40.5 Å². The van der Waals surface area contributed by atoms with E-state index in [4.69, 9.17) is 0 Å². The molecular formula is C16H21NO2. The summed E-state index contributed by atoms with van der Waals surface area (Å²) in [6, 6.07) is 9.40. The van der Waals surface area contributed by atoms with Crippen LogP contribution in [0.25, 0.3) is 0 Å². The molecule has 0 bridgehead atoms. The third-order valence-corrected chi connectivity index (χ3v) is 4.61. The Labute approximate surface area is 114 Å². The second-order valence-electron chi connectivity index (χ2n) is 5.84. The standard InChI is InChI=1S/C16H21NO2/c18-16(19)11-17(14-7-3-4-8-14)15-9-12-5-1-2-6-13(12)10-15/h1-2,5-6,14-15H,3-4,7-11H2,(H,18,19). The highest BCUT2D eigenvalue weighted by atomic mass is 16.4. The largest absolute Gasteiger partial charge is 0.480 e. The van der Waals surface area contributed by atoms with E-state index in [1.807, 2.05) is 0 Å². The van der Waals surface area contributed by atoms with E-state index in [-0.39, 0.29) is 6.54 Å². The lowest BCUT2D eigenvalue weighted by atomic mass is 10.1. The zero-order chi connectivity index (χ0) is 13.2. The summed E-state index contributed by atoms with van der Waals surface area (Å²) in [5.41, 5.74) is 2.81. The van der Waals surface area contributed by atoms with E-state index in [0.717, 1.165) is 12.8 Å². The number of hydrogen-bond donors (Lipinski definition) is 1. The van der Waals surface area contributed by atoms with Crippen molar-refractivity contribution in [3.05, 3.63) is 35.4 Å². The van der Waals surface area contributed by atoms with Crippen LogP contribution in [0.1, 0.15) is 36.8 Å². The molecule has 0 atom stereocenters. The van der Waals surface area contributed by atoms with Gasteiger partial charge < -0.3 is 5.11 Å². The first-order valence-electron chi connectivity index (χ1n) is 7.28. The molecule has 1 N–H and O–H groups in total. The second kappa shape index (κ2) is 5.33. The molecule has 0 amide bonds. The van der Waals surface area contributed by atoms with Crippen LogP contribution in [0.15, 0.2) is 24.3 Å². The van der Waals surface area contributed by atoms with Crippen molar-refractivity contribution in [1.82, 2.24) is 4.90 Å². The van der Waals surface area contributed by atoms with Gasteiger partial charge in [-0.15, -0.1) is 0 Å². The van der Waals surface area contributed by atoms with Crippen molar-refractivity contribution in [1.29, 1.82) is 0 Å². The molecule has 2 aliphatic carbocycles. The number of aliphatic carboxylic acids is 1. The van der Waals surface area contributed by atoms with E-state index in [1.165, 1.54) is 36.8 Å². The molecule has 0 aliphatic heterocycles. The Morgan fingerprint density at radius 1 is 1.11 bits per heavy atom. The van der Waals surface area contributed by atoms with Crippen LogP contribution in [0.4, 0.5) is 0 Å². The molecule has 0 radical (unpaired) electrons. The SMILES string of the molecule is O=C(O)CN(C1CCCC1)C1Cc2ccccc2C1. The van der Waals surface area contributed by atoms with E-state index in [2.05, 4.69) is 29.2 Å². The van der Waals surface area contributed by atoms with Gasteiger partial charge in [0.25, 0.3) is 0 Å². The van der Waals surface area contributed by atoms with E-state index in [1.54, 1.807) is 0 Å². The predicted molar refractivity (Wildman–Crippen MR) is 74.2 cm³/mol. The molecule has 0 heterocycles. The molecule has 0 spiro atoms. The fourth-order valence-corrected chi connectivity index (χ4v) is 3.72. The van der Waals surface area contributed by atoms with Crippen molar-refractivity contribution in [3.8, 4) is 0 Å². The Morgan fingerprint density at radius 2 is 1.68 bits per heavy atom. The van der Waals surface area contributed by atoms with Crippen molar-refractivity contribution in [2.75, 3.05) is 6.54 Å². The third-order valence-electron chi connectivity index (χ3n) is 4.61. The molecule has 0 unspecified atom stereocenters. The molecule has 1 aromatic rings. The number of nitrogens with zero attached hydrogens (tertiary/aromatic N) is 1. The highest BCUT2D eigenvalue weighted by Gasteiger charge is 2.33. The number of hydrogen-bond acceptors (Lipinski definition) is 2. The summed E-state index contributed by atoms with van der Waals surface area (Å²) in [5.74, 6) is -0.692. The van der Waals surface area contributed by atoms with Crippen LogP contribution in [0.3, 0.4) is 0 Å². The van der Waals surface area contributed by atoms with Crippen molar-refractivity contribution < 1.29 is 9.90 Å². The van der Waals surface area contributed by atoms with Crippen molar-refractivity contribution >= 4 is 5.97 Å². The molecule has 1 fully saturated rings. The predicted octanol–water partition coefficient (Wildman–Crippen LogP) is 2.48. The summed E-state index contributed by atoms with van der Waals surface area (Å²) in [7, 11) is 0. The van der Waals surface area contributed by atoms with Crippen molar-refractivity contribution in [3.63, 3.8) is 0 Å². The highest BCUT2D eigenvalue weighted by molar-refractivity contribution is 5.69. The molecule has 2 aliphatic rings. The van der Waals surface area contributed by atoms with Crippen LogP contribution in [0, 0.1) is 0 Å². The third kappa shape index (κ3) is 2.66. The van der Waals surface area contributed by atoms with Gasteiger partial charge >= 0.3 is 5.97 Å². The highest BCUT2D eigenvalue weighted by Crippen LogP contribution is 2.31. The van der Waals surface area contributed by atoms with Crippen LogP contribution < -0.4 is 0 Å². The van der Waals surface area contributed by atoms with Crippen LogP contribution in [0.5, 0.6) is 0 Å². The lowest BCUT2D eigenvalue weighted by Gasteiger charge is -2.32. The maximum Gasteiger partial charge on any atom is 0.317 e. The van der Waals surface area contributed by atoms with E-state index in [0.29, 0.717) is 12.1 Å². The minimum atomic E-state index is -0.692. The van der Waals surface area contributed by atoms with E-state index >= 15 is 0 Å². The van der Waals surface area contributed by atoms with Gasteiger partial charge in [-0.05, 0) is 36.8 Å². The first-order valence-corrected chi connectivity index (χ1v) is 7.28. The number of fused-ring (bicyclic) bond motifs is 1. The molecule has 3 rings (SSSR count). The second-order valence-corrected chi connectivity index (χ2v) is 5.84. The summed E-state index contributed by atoms with van der Waals surface area (Å²) in [5, 5.41) is 9.18. The van der Waals surface area contributed by atoms with Crippen molar-refractivity contribution in [2.24, 2.45) is 0 Å². The van der Waals surface area contributed by atoms with Gasteiger partial charge in [-0.2, -0.15) is 0 Å². The van der Waals surface area contributed by atoms with Crippen molar-refractivity contribution in [2.45, 2.75) is 50.6 Å². The first kappa shape index (κ1) is 12.7. The average molecular weight is 259 g/mol. The number of benzene rings is 1. The molecule has 0 saturated heterocycles. The van der Waals surface area contributed by atoms with E-state index in [9.17, 15) is 9.90 Å². The Bertz CT molecular complexity index is 441. The fraction of sp³-hybridized carbons (Fsp3) is 0.562. The molecule has 1 saturated carbocycles. The van der Waals surface area contributed by atoms with Gasteiger partial charge in [0.15, 0.2) is 0 Å². The molecule has 3 nitrogen and oxygen atoms in total. The van der Waals surface area contributed by atoms with Gasteiger partial charge in [0.05, 0.1) is 6.54 Å². The van der Waals surface area contributed by atoms with Gasteiger partial charge in [-0.1, -0.05) is 37.1 Å². The Kier molecular flexibility index (Phi) is 3.56. The summed E-state index contributed by atoms with van der Waals surface area (Å²) in [6.07, 6.45) is 6.86. The molecule has 102 valence electrons. The molecule has 0 aromatic heterocycles. The number of carbonyl (C=O) groups is 1. The smallest absolute Gasteiger partial charge is 0.317 e. The fourth-order valence-electron chi connectivity index (χ4n) is 3.72. The van der Waals surface area contributed by atoms with Crippen LogP contribution in [-0.4, -0.2) is 34.6 Å². The van der Waals surface area contributed by atoms with Crippen LogP contribution >= 0.6 is 0 Å². The van der Waals surface area contributed by atoms with Gasteiger partial charge in [-0.3, -0.25) is 9.69 Å². The minimum absolute atomic E-state index is 0.198. The van der Waals surface area contributed by atoms with Crippen LogP contribution in [-0.2, 0) is 17.6 Å². The van der Waals surface area contributed by atoms with E-state index < -0.39 is 5.97 Å². The Morgan fingerprint density at radius 3 is 2.21 bits per heavy atom. The zero-order valence-corrected chi connectivity index (χ0v) is 11.2. The summed E-state index contributed by atoms with van der Waals surface area (Å²) < 4.78 is 0. The summed E-state index contributed by atoms with van der Waals surface area (Å²) in [4.78, 5) is 13.4. The molecule has 3 heteroatoms. The maximum absolute atomic E-state index is 11.2. The normalized spacial score (nSPS) is 20.1. The monoisotopic (exact) mass is 259 g/mol. The number of carboxylic acids is 1.